The molecule has 21 heavy (non-hydrogen) atoms. The Labute approximate surface area is 125 Å². The Kier molecular flexibility index (Phi) is 6.73. The van der Waals surface area contributed by atoms with Gasteiger partial charge in [-0.05, 0) is 45.5 Å². The third kappa shape index (κ3) is 5.35. The first-order valence-electron chi connectivity index (χ1n) is 6.83. The van der Waals surface area contributed by atoms with Gasteiger partial charge in [-0.15, -0.1) is 0 Å². The molecular weight excluding hydrogens is 295 g/mol. The van der Waals surface area contributed by atoms with Crippen molar-refractivity contribution >= 4 is 10.0 Å². The molecule has 0 saturated heterocycles. The Morgan fingerprint density at radius 3 is 2.57 bits per heavy atom. The van der Waals surface area contributed by atoms with Crippen LogP contribution in [0.4, 0.5) is 4.39 Å². The van der Waals surface area contributed by atoms with Crippen LogP contribution in [0.15, 0.2) is 17.0 Å². The lowest BCUT2D eigenvalue weighted by atomic mass is 10.1. The van der Waals surface area contributed by atoms with E-state index in [1.807, 2.05) is 13.8 Å². The van der Waals surface area contributed by atoms with E-state index in [4.69, 9.17) is 4.74 Å². The molecule has 0 aliphatic rings. The summed E-state index contributed by atoms with van der Waals surface area (Å²) >= 11 is 0. The first-order chi connectivity index (χ1) is 9.77. The molecule has 0 aliphatic carbocycles. The van der Waals surface area contributed by atoms with Gasteiger partial charge in [0.25, 0.3) is 0 Å². The predicted octanol–water partition coefficient (Wildman–Crippen LogP) is 1.56. The molecule has 1 rings (SSSR count). The summed E-state index contributed by atoms with van der Waals surface area (Å²) in [5.74, 6) is -0.383. The molecule has 5 nitrogen and oxygen atoms in total. The van der Waals surface area contributed by atoms with Crippen molar-refractivity contribution in [1.29, 1.82) is 0 Å². The molecule has 0 saturated carbocycles. The highest BCUT2D eigenvalue weighted by atomic mass is 32.2. The largest absolute Gasteiger partial charge is 0.377 e. The van der Waals surface area contributed by atoms with Gasteiger partial charge in [-0.2, -0.15) is 0 Å². The van der Waals surface area contributed by atoms with Crippen LogP contribution in [0.2, 0.25) is 0 Å². The maximum atomic E-state index is 13.9. The summed E-state index contributed by atoms with van der Waals surface area (Å²) in [6.07, 6.45) is 0.0461. The van der Waals surface area contributed by atoms with Crippen molar-refractivity contribution in [3.8, 4) is 0 Å². The van der Waals surface area contributed by atoms with Gasteiger partial charge in [0.1, 0.15) is 5.82 Å². The van der Waals surface area contributed by atoms with Crippen LogP contribution in [-0.4, -0.2) is 34.7 Å². The van der Waals surface area contributed by atoms with Crippen molar-refractivity contribution in [3.05, 3.63) is 29.1 Å². The Bertz CT molecular complexity index is 574. The van der Waals surface area contributed by atoms with Gasteiger partial charge < -0.3 is 10.1 Å². The van der Waals surface area contributed by atoms with Gasteiger partial charge in [0.15, 0.2) is 0 Å². The molecule has 0 atom stereocenters. The van der Waals surface area contributed by atoms with E-state index in [1.165, 1.54) is 12.1 Å². The van der Waals surface area contributed by atoms with E-state index in [2.05, 4.69) is 10.0 Å². The predicted molar refractivity (Wildman–Crippen MR) is 80.2 cm³/mol. The molecule has 1 aromatic rings. The number of hydrogen-bond acceptors (Lipinski definition) is 4. The van der Waals surface area contributed by atoms with Crippen LogP contribution in [-0.2, 0) is 21.3 Å². The number of hydrogen-bond donors (Lipinski definition) is 2. The van der Waals surface area contributed by atoms with E-state index in [1.54, 1.807) is 14.0 Å². The van der Waals surface area contributed by atoms with Crippen molar-refractivity contribution in [3.63, 3.8) is 0 Å². The molecule has 7 heteroatoms. The number of ether oxygens (including phenoxy) is 1. The minimum Gasteiger partial charge on any atom is -0.377 e. The fourth-order valence-corrected chi connectivity index (χ4v) is 2.98. The van der Waals surface area contributed by atoms with Gasteiger partial charge in [-0.3, -0.25) is 0 Å². The number of halogens is 1. The van der Waals surface area contributed by atoms with E-state index in [0.717, 1.165) is 0 Å². The Morgan fingerprint density at radius 2 is 2.00 bits per heavy atom. The van der Waals surface area contributed by atoms with Crippen molar-refractivity contribution in [2.24, 2.45) is 0 Å². The number of aryl methyl sites for hydroxylation is 1. The minimum absolute atomic E-state index is 0.0461. The fraction of sp³-hybridized carbons (Fsp3) is 0.571. The summed E-state index contributed by atoms with van der Waals surface area (Å²) in [6.45, 7) is 6.05. The van der Waals surface area contributed by atoms with Gasteiger partial charge in [-0.25, -0.2) is 17.5 Å². The van der Waals surface area contributed by atoms with Gasteiger partial charge in [0.2, 0.25) is 10.0 Å². The SMILES string of the molecule is CNCc1cc(S(=O)(=O)NCCOC(C)C)cc(C)c1F. The van der Waals surface area contributed by atoms with E-state index >= 15 is 0 Å². The Balaban J connectivity index is 2.87. The molecule has 0 heterocycles. The average Bonchev–Trinajstić information content (AvgIpc) is 2.39. The summed E-state index contributed by atoms with van der Waals surface area (Å²) in [5, 5.41) is 2.82. The monoisotopic (exact) mass is 318 g/mol. The zero-order valence-electron chi connectivity index (χ0n) is 12.9. The lowest BCUT2D eigenvalue weighted by Gasteiger charge is -2.12. The van der Waals surface area contributed by atoms with E-state index in [9.17, 15) is 12.8 Å². The van der Waals surface area contributed by atoms with Crippen LogP contribution >= 0.6 is 0 Å². The van der Waals surface area contributed by atoms with Gasteiger partial charge >= 0.3 is 0 Å². The summed E-state index contributed by atoms with van der Waals surface area (Å²) < 4.78 is 46.0. The second-order valence-electron chi connectivity index (χ2n) is 5.06. The minimum atomic E-state index is -3.66. The molecule has 0 aromatic heterocycles. The molecule has 1 aromatic carbocycles. The molecule has 0 amide bonds. The van der Waals surface area contributed by atoms with Gasteiger partial charge in [-0.1, -0.05) is 0 Å². The highest BCUT2D eigenvalue weighted by Crippen LogP contribution is 2.19. The fourth-order valence-electron chi connectivity index (χ4n) is 1.83. The van der Waals surface area contributed by atoms with Crippen molar-refractivity contribution in [1.82, 2.24) is 10.0 Å². The van der Waals surface area contributed by atoms with Crippen molar-refractivity contribution < 1.29 is 17.5 Å². The average molecular weight is 318 g/mol. The van der Waals surface area contributed by atoms with Crippen LogP contribution < -0.4 is 10.0 Å². The maximum Gasteiger partial charge on any atom is 0.240 e. The van der Waals surface area contributed by atoms with Crippen LogP contribution in [0.1, 0.15) is 25.0 Å². The van der Waals surface area contributed by atoms with E-state index in [-0.39, 0.29) is 29.9 Å². The van der Waals surface area contributed by atoms with Gasteiger partial charge in [0, 0.05) is 18.7 Å². The molecule has 0 unspecified atom stereocenters. The summed E-state index contributed by atoms with van der Waals surface area (Å²) in [5.41, 5.74) is 0.637. The molecular formula is C14H23FN2O3S. The number of sulfonamides is 1. The van der Waals surface area contributed by atoms with Gasteiger partial charge in [0.05, 0.1) is 17.6 Å². The van der Waals surface area contributed by atoms with E-state index in [0.29, 0.717) is 17.7 Å². The molecule has 2 N–H and O–H groups in total. The third-order valence-corrected chi connectivity index (χ3v) is 4.27. The number of rotatable bonds is 8. The Morgan fingerprint density at radius 1 is 1.33 bits per heavy atom. The zero-order chi connectivity index (χ0) is 16.0. The molecule has 120 valence electrons. The second kappa shape index (κ2) is 7.84. The lowest BCUT2D eigenvalue weighted by Crippen LogP contribution is -2.28. The van der Waals surface area contributed by atoms with Crippen LogP contribution in [0, 0.1) is 12.7 Å². The summed E-state index contributed by atoms with van der Waals surface area (Å²) in [6, 6.07) is 2.69. The van der Waals surface area contributed by atoms with Crippen LogP contribution in [0.25, 0.3) is 0 Å². The molecule has 0 bridgehead atoms. The summed E-state index contributed by atoms with van der Waals surface area (Å²) in [4.78, 5) is 0.0659. The first kappa shape index (κ1) is 18.0. The maximum absolute atomic E-state index is 13.9. The standard InChI is InChI=1S/C14H23FN2O3S/c1-10(2)20-6-5-17-21(18,19)13-7-11(3)14(15)12(8-13)9-16-4/h7-8,10,16-17H,5-6,9H2,1-4H3. The van der Waals surface area contributed by atoms with E-state index < -0.39 is 10.0 Å². The van der Waals surface area contributed by atoms with Crippen LogP contribution in [0.3, 0.4) is 0 Å². The number of nitrogens with one attached hydrogen (secondary N) is 2. The Hall–Kier alpha value is -1.02. The van der Waals surface area contributed by atoms with Crippen molar-refractivity contribution in [2.75, 3.05) is 20.2 Å². The zero-order valence-corrected chi connectivity index (χ0v) is 13.7. The topological polar surface area (TPSA) is 67.4 Å². The lowest BCUT2D eigenvalue weighted by molar-refractivity contribution is 0.0834. The molecule has 0 aliphatic heterocycles. The highest BCUT2D eigenvalue weighted by Gasteiger charge is 2.17. The molecule has 0 spiro atoms. The normalized spacial score (nSPS) is 12.1. The molecule has 0 fully saturated rings. The quantitative estimate of drug-likeness (QED) is 0.714. The smallest absolute Gasteiger partial charge is 0.240 e. The first-order valence-corrected chi connectivity index (χ1v) is 8.31. The molecule has 0 radical (unpaired) electrons. The van der Waals surface area contributed by atoms with Crippen LogP contribution in [0.5, 0.6) is 0 Å². The highest BCUT2D eigenvalue weighted by molar-refractivity contribution is 7.89. The third-order valence-electron chi connectivity index (χ3n) is 2.83. The second-order valence-corrected chi connectivity index (χ2v) is 6.83. The summed E-state index contributed by atoms with van der Waals surface area (Å²) in [7, 11) is -1.98. The number of benzene rings is 1. The van der Waals surface area contributed by atoms with Crippen molar-refractivity contribution in [2.45, 2.75) is 38.3 Å².